The summed E-state index contributed by atoms with van der Waals surface area (Å²) in [5.41, 5.74) is 2.81. The number of hydrogen-bond acceptors (Lipinski definition) is 2. The van der Waals surface area contributed by atoms with E-state index in [9.17, 15) is 4.39 Å². The molecule has 2 aromatic heterocycles. The molecule has 0 aliphatic carbocycles. The summed E-state index contributed by atoms with van der Waals surface area (Å²) in [5, 5.41) is 3.37. The molecule has 16 heavy (non-hydrogen) atoms. The Bertz CT molecular complexity index is 500. The summed E-state index contributed by atoms with van der Waals surface area (Å²) in [6, 6.07) is 3.54. The van der Waals surface area contributed by atoms with E-state index in [1.54, 1.807) is 0 Å². The first-order valence-electron chi connectivity index (χ1n) is 5.68. The second-order valence-electron chi connectivity index (χ2n) is 4.35. The second-order valence-corrected chi connectivity index (χ2v) is 4.35. The minimum Gasteiger partial charge on any atom is -0.357 e. The number of pyridine rings is 1. The average molecular weight is 219 g/mol. The van der Waals surface area contributed by atoms with Gasteiger partial charge in [0.05, 0.1) is 17.2 Å². The maximum absolute atomic E-state index is 13.0. The van der Waals surface area contributed by atoms with Crippen LogP contribution in [-0.2, 0) is 0 Å². The molecule has 1 aliphatic rings. The lowest BCUT2D eigenvalue weighted by Gasteiger charge is -2.21. The van der Waals surface area contributed by atoms with Crippen molar-refractivity contribution >= 4 is 11.0 Å². The Morgan fingerprint density at radius 1 is 1.38 bits per heavy atom. The van der Waals surface area contributed by atoms with Gasteiger partial charge in [-0.1, -0.05) is 0 Å². The topological polar surface area (TPSA) is 40.7 Å². The van der Waals surface area contributed by atoms with E-state index in [0.717, 1.165) is 24.1 Å². The number of fused-ring (bicyclic) bond motifs is 1. The molecule has 4 heteroatoms. The molecule has 3 heterocycles. The van der Waals surface area contributed by atoms with Gasteiger partial charge in [0, 0.05) is 24.2 Å². The Labute approximate surface area is 93.1 Å². The molecule has 0 saturated carbocycles. The number of aromatic amines is 1. The molecule has 2 aromatic rings. The van der Waals surface area contributed by atoms with Crippen LogP contribution in [0.2, 0.25) is 0 Å². The number of halogens is 1. The summed E-state index contributed by atoms with van der Waals surface area (Å²) in [4.78, 5) is 7.33. The molecule has 0 radical (unpaired) electrons. The molecule has 1 fully saturated rings. The molecular weight excluding hydrogens is 205 g/mol. The number of hydrogen-bond donors (Lipinski definition) is 2. The highest BCUT2D eigenvalue weighted by molar-refractivity contribution is 5.75. The van der Waals surface area contributed by atoms with E-state index in [1.165, 1.54) is 30.8 Å². The van der Waals surface area contributed by atoms with Crippen molar-refractivity contribution in [3.8, 4) is 0 Å². The van der Waals surface area contributed by atoms with Gasteiger partial charge < -0.3 is 10.3 Å². The fourth-order valence-corrected chi connectivity index (χ4v) is 2.34. The van der Waals surface area contributed by atoms with Crippen molar-refractivity contribution in [3.05, 3.63) is 29.8 Å². The van der Waals surface area contributed by atoms with Crippen LogP contribution in [0.25, 0.3) is 11.0 Å². The number of aromatic nitrogens is 2. The molecule has 1 aliphatic heterocycles. The van der Waals surface area contributed by atoms with Crippen LogP contribution >= 0.6 is 0 Å². The monoisotopic (exact) mass is 219 g/mol. The Morgan fingerprint density at radius 3 is 3.12 bits per heavy atom. The fourth-order valence-electron chi connectivity index (χ4n) is 2.34. The van der Waals surface area contributed by atoms with Crippen LogP contribution in [0.15, 0.2) is 18.3 Å². The Balaban J connectivity index is 1.97. The minimum atomic E-state index is -0.289. The quantitative estimate of drug-likeness (QED) is 0.771. The Hall–Kier alpha value is -1.42. The standard InChI is InChI=1S/C12H14FN3/c13-9-4-12-11(15-7-9)5-10(16-12)8-2-1-3-14-6-8/h4-5,7-8,14,16H,1-3,6H2. The van der Waals surface area contributed by atoms with Gasteiger partial charge in [-0.2, -0.15) is 0 Å². The third kappa shape index (κ3) is 1.69. The summed E-state index contributed by atoms with van der Waals surface area (Å²) < 4.78 is 13.0. The Kier molecular flexibility index (Phi) is 2.36. The van der Waals surface area contributed by atoms with Gasteiger partial charge >= 0.3 is 0 Å². The minimum absolute atomic E-state index is 0.289. The predicted molar refractivity (Wildman–Crippen MR) is 60.9 cm³/mol. The molecule has 0 amide bonds. The Morgan fingerprint density at radius 2 is 2.31 bits per heavy atom. The lowest BCUT2D eigenvalue weighted by atomic mass is 9.96. The van der Waals surface area contributed by atoms with Crippen LogP contribution in [-0.4, -0.2) is 23.1 Å². The lowest BCUT2D eigenvalue weighted by molar-refractivity contribution is 0.456. The smallest absolute Gasteiger partial charge is 0.143 e. The molecule has 1 unspecified atom stereocenters. The van der Waals surface area contributed by atoms with E-state index in [1.807, 2.05) is 6.07 Å². The third-order valence-corrected chi connectivity index (χ3v) is 3.19. The van der Waals surface area contributed by atoms with Crippen LogP contribution in [0.5, 0.6) is 0 Å². The van der Waals surface area contributed by atoms with Crippen LogP contribution in [0, 0.1) is 5.82 Å². The molecule has 2 N–H and O–H groups in total. The molecule has 0 aromatic carbocycles. The van der Waals surface area contributed by atoms with Crippen molar-refractivity contribution in [1.82, 2.24) is 15.3 Å². The molecule has 3 rings (SSSR count). The number of nitrogens with zero attached hydrogens (tertiary/aromatic N) is 1. The molecule has 1 atom stereocenters. The van der Waals surface area contributed by atoms with E-state index >= 15 is 0 Å². The highest BCUT2D eigenvalue weighted by atomic mass is 19.1. The first kappa shape index (κ1) is 9.78. The van der Waals surface area contributed by atoms with Crippen LogP contribution in [0.4, 0.5) is 4.39 Å². The average Bonchev–Trinajstić information content (AvgIpc) is 2.73. The van der Waals surface area contributed by atoms with Gasteiger partial charge in [-0.3, -0.25) is 4.98 Å². The zero-order chi connectivity index (χ0) is 11.0. The normalized spacial score (nSPS) is 21.4. The fraction of sp³-hybridized carbons (Fsp3) is 0.417. The van der Waals surface area contributed by atoms with Crippen molar-refractivity contribution in [1.29, 1.82) is 0 Å². The summed E-state index contributed by atoms with van der Waals surface area (Å²) in [6.07, 6.45) is 3.64. The molecule has 1 saturated heterocycles. The van der Waals surface area contributed by atoms with Crippen LogP contribution in [0.1, 0.15) is 24.5 Å². The molecule has 3 nitrogen and oxygen atoms in total. The zero-order valence-electron chi connectivity index (χ0n) is 8.96. The molecule has 0 spiro atoms. The SMILES string of the molecule is Fc1cnc2cc(C3CCCNC3)[nH]c2c1. The van der Waals surface area contributed by atoms with Crippen LogP contribution < -0.4 is 5.32 Å². The van der Waals surface area contributed by atoms with E-state index in [2.05, 4.69) is 15.3 Å². The van der Waals surface area contributed by atoms with Crippen molar-refractivity contribution in [3.63, 3.8) is 0 Å². The van der Waals surface area contributed by atoms with Gasteiger partial charge in [-0.15, -0.1) is 0 Å². The van der Waals surface area contributed by atoms with E-state index in [0.29, 0.717) is 5.92 Å². The lowest BCUT2D eigenvalue weighted by Crippen LogP contribution is -2.28. The second kappa shape index (κ2) is 3.87. The van der Waals surface area contributed by atoms with E-state index in [-0.39, 0.29) is 5.82 Å². The van der Waals surface area contributed by atoms with Crippen molar-refractivity contribution in [2.75, 3.05) is 13.1 Å². The largest absolute Gasteiger partial charge is 0.357 e. The predicted octanol–water partition coefficient (Wildman–Crippen LogP) is 2.17. The van der Waals surface area contributed by atoms with Crippen molar-refractivity contribution in [2.45, 2.75) is 18.8 Å². The highest BCUT2D eigenvalue weighted by Gasteiger charge is 2.17. The maximum Gasteiger partial charge on any atom is 0.143 e. The molecule has 84 valence electrons. The van der Waals surface area contributed by atoms with Gasteiger partial charge in [0.25, 0.3) is 0 Å². The summed E-state index contributed by atoms with van der Waals surface area (Å²) >= 11 is 0. The summed E-state index contributed by atoms with van der Waals surface area (Å²) in [7, 11) is 0. The third-order valence-electron chi connectivity index (χ3n) is 3.19. The summed E-state index contributed by atoms with van der Waals surface area (Å²) in [6.45, 7) is 2.10. The molecular formula is C12H14FN3. The number of H-pyrrole nitrogens is 1. The maximum atomic E-state index is 13.0. The number of nitrogens with one attached hydrogen (secondary N) is 2. The van der Waals surface area contributed by atoms with Gasteiger partial charge in [0.15, 0.2) is 0 Å². The van der Waals surface area contributed by atoms with Gasteiger partial charge in [-0.25, -0.2) is 4.39 Å². The summed E-state index contributed by atoms with van der Waals surface area (Å²) in [5.74, 6) is 0.216. The van der Waals surface area contributed by atoms with Crippen molar-refractivity contribution in [2.24, 2.45) is 0 Å². The van der Waals surface area contributed by atoms with Crippen LogP contribution in [0.3, 0.4) is 0 Å². The van der Waals surface area contributed by atoms with Gasteiger partial charge in [-0.05, 0) is 25.5 Å². The first-order valence-corrected chi connectivity index (χ1v) is 5.68. The van der Waals surface area contributed by atoms with Gasteiger partial charge in [0.1, 0.15) is 5.82 Å². The van der Waals surface area contributed by atoms with E-state index < -0.39 is 0 Å². The first-order chi connectivity index (χ1) is 7.83. The number of rotatable bonds is 1. The number of piperidine rings is 1. The molecule has 0 bridgehead atoms. The van der Waals surface area contributed by atoms with Crippen molar-refractivity contribution < 1.29 is 4.39 Å². The van der Waals surface area contributed by atoms with Gasteiger partial charge in [0.2, 0.25) is 0 Å². The van der Waals surface area contributed by atoms with E-state index in [4.69, 9.17) is 0 Å². The zero-order valence-corrected chi connectivity index (χ0v) is 8.96. The highest BCUT2D eigenvalue weighted by Crippen LogP contribution is 2.25.